The van der Waals surface area contributed by atoms with E-state index >= 15 is 0 Å². The van der Waals surface area contributed by atoms with Gasteiger partial charge in [0.25, 0.3) is 0 Å². The van der Waals surface area contributed by atoms with E-state index in [0.29, 0.717) is 5.92 Å². The molecule has 1 aromatic carbocycles. The Morgan fingerprint density at radius 1 is 1.26 bits per heavy atom. The molecule has 2 nitrogen and oxygen atoms in total. The van der Waals surface area contributed by atoms with Crippen LogP contribution in [0.15, 0.2) is 24.4 Å². The standard InChI is InChI=1S/C17H26N2/c1-12(2)13-6-7-16-14(10-13)15(11-19(16)5)17(3,4)8-9-18/h6-7,10-12H,8-9,18H2,1-5H3. The second-order valence-corrected chi connectivity index (χ2v) is 6.51. The highest BCUT2D eigenvalue weighted by molar-refractivity contribution is 5.85. The van der Waals surface area contributed by atoms with Crippen molar-refractivity contribution >= 4 is 10.9 Å². The van der Waals surface area contributed by atoms with Crippen molar-refractivity contribution in [3.8, 4) is 0 Å². The average Bonchev–Trinajstić information content (AvgIpc) is 2.67. The van der Waals surface area contributed by atoms with Gasteiger partial charge in [-0.1, -0.05) is 33.8 Å². The summed E-state index contributed by atoms with van der Waals surface area (Å²) >= 11 is 0. The quantitative estimate of drug-likeness (QED) is 0.885. The number of fused-ring (bicyclic) bond motifs is 1. The molecule has 2 aromatic rings. The molecule has 0 unspecified atom stereocenters. The highest BCUT2D eigenvalue weighted by Crippen LogP contribution is 2.35. The summed E-state index contributed by atoms with van der Waals surface area (Å²) in [5, 5.41) is 1.38. The van der Waals surface area contributed by atoms with Gasteiger partial charge in [-0.15, -0.1) is 0 Å². The molecule has 0 aliphatic carbocycles. The van der Waals surface area contributed by atoms with Crippen LogP contribution in [0.4, 0.5) is 0 Å². The maximum absolute atomic E-state index is 5.77. The number of hydrogen-bond acceptors (Lipinski definition) is 1. The van der Waals surface area contributed by atoms with Crippen LogP contribution in [-0.2, 0) is 12.5 Å². The SMILES string of the molecule is CC(C)c1ccc2c(c1)c(C(C)(C)CCN)cn2C. The predicted octanol–water partition coefficient (Wildman–Crippen LogP) is 3.93. The summed E-state index contributed by atoms with van der Waals surface area (Å²) in [5.41, 5.74) is 10.0. The Labute approximate surface area is 116 Å². The minimum absolute atomic E-state index is 0.129. The Kier molecular flexibility index (Phi) is 3.73. The first-order chi connectivity index (χ1) is 8.86. The predicted molar refractivity (Wildman–Crippen MR) is 83.7 cm³/mol. The zero-order valence-corrected chi connectivity index (χ0v) is 12.8. The summed E-state index contributed by atoms with van der Waals surface area (Å²) in [6.07, 6.45) is 3.28. The molecule has 1 heterocycles. The van der Waals surface area contributed by atoms with Crippen LogP contribution >= 0.6 is 0 Å². The van der Waals surface area contributed by atoms with Crippen molar-refractivity contribution in [2.45, 2.75) is 45.4 Å². The lowest BCUT2D eigenvalue weighted by Crippen LogP contribution is -2.21. The molecule has 104 valence electrons. The molecule has 0 fully saturated rings. The molecule has 0 radical (unpaired) electrons. The number of nitrogens with zero attached hydrogens (tertiary/aromatic N) is 1. The highest BCUT2D eigenvalue weighted by atomic mass is 14.9. The molecule has 0 saturated carbocycles. The number of benzene rings is 1. The summed E-state index contributed by atoms with van der Waals surface area (Å²) in [7, 11) is 2.12. The lowest BCUT2D eigenvalue weighted by molar-refractivity contribution is 0.490. The van der Waals surface area contributed by atoms with Gasteiger partial charge in [0.1, 0.15) is 0 Å². The summed E-state index contributed by atoms with van der Waals surface area (Å²) < 4.78 is 2.23. The van der Waals surface area contributed by atoms with Crippen LogP contribution in [0.2, 0.25) is 0 Å². The summed E-state index contributed by atoms with van der Waals surface area (Å²) in [6.45, 7) is 9.80. The largest absolute Gasteiger partial charge is 0.350 e. The Morgan fingerprint density at radius 2 is 1.95 bits per heavy atom. The Hall–Kier alpha value is -1.28. The van der Waals surface area contributed by atoms with Crippen molar-refractivity contribution in [3.63, 3.8) is 0 Å². The average molecular weight is 258 g/mol. The van der Waals surface area contributed by atoms with Crippen molar-refractivity contribution in [1.82, 2.24) is 4.57 Å². The van der Waals surface area contributed by atoms with Gasteiger partial charge < -0.3 is 10.3 Å². The lowest BCUT2D eigenvalue weighted by atomic mass is 9.81. The fourth-order valence-corrected chi connectivity index (χ4v) is 2.80. The molecule has 2 rings (SSSR count). The molecule has 19 heavy (non-hydrogen) atoms. The van der Waals surface area contributed by atoms with Crippen molar-refractivity contribution in [2.24, 2.45) is 12.8 Å². The van der Waals surface area contributed by atoms with Crippen LogP contribution in [0.25, 0.3) is 10.9 Å². The summed E-state index contributed by atoms with van der Waals surface area (Å²) in [5.74, 6) is 0.565. The minimum Gasteiger partial charge on any atom is -0.350 e. The van der Waals surface area contributed by atoms with Crippen LogP contribution in [0.1, 0.15) is 51.2 Å². The molecule has 0 atom stereocenters. The molecule has 0 amide bonds. The summed E-state index contributed by atoms with van der Waals surface area (Å²) in [6, 6.07) is 6.84. The third-order valence-corrected chi connectivity index (χ3v) is 4.18. The third kappa shape index (κ3) is 2.55. The zero-order chi connectivity index (χ0) is 14.2. The van der Waals surface area contributed by atoms with Gasteiger partial charge in [-0.25, -0.2) is 0 Å². The van der Waals surface area contributed by atoms with Crippen LogP contribution in [0, 0.1) is 0 Å². The van der Waals surface area contributed by atoms with Gasteiger partial charge in [0.15, 0.2) is 0 Å². The first-order valence-corrected chi connectivity index (χ1v) is 7.16. The number of hydrogen-bond donors (Lipinski definition) is 1. The van der Waals surface area contributed by atoms with Crippen molar-refractivity contribution in [1.29, 1.82) is 0 Å². The molecule has 0 aliphatic heterocycles. The monoisotopic (exact) mass is 258 g/mol. The molecule has 0 saturated heterocycles. The van der Waals surface area contributed by atoms with Gasteiger partial charge in [-0.05, 0) is 47.6 Å². The van der Waals surface area contributed by atoms with E-state index in [2.05, 4.69) is 63.7 Å². The Morgan fingerprint density at radius 3 is 2.53 bits per heavy atom. The van der Waals surface area contributed by atoms with Crippen LogP contribution in [0.5, 0.6) is 0 Å². The van der Waals surface area contributed by atoms with E-state index in [1.165, 1.54) is 22.0 Å². The second-order valence-electron chi connectivity index (χ2n) is 6.51. The smallest absolute Gasteiger partial charge is 0.0480 e. The highest BCUT2D eigenvalue weighted by Gasteiger charge is 2.24. The van der Waals surface area contributed by atoms with Gasteiger partial charge in [0.05, 0.1) is 0 Å². The van der Waals surface area contributed by atoms with Crippen LogP contribution in [0.3, 0.4) is 0 Å². The molecular formula is C17H26N2. The zero-order valence-electron chi connectivity index (χ0n) is 12.8. The second kappa shape index (κ2) is 5.01. The van der Waals surface area contributed by atoms with Crippen molar-refractivity contribution in [2.75, 3.05) is 6.54 Å². The number of aryl methyl sites for hydroxylation is 1. The molecular weight excluding hydrogens is 232 g/mol. The van der Waals surface area contributed by atoms with E-state index in [0.717, 1.165) is 13.0 Å². The number of nitrogens with two attached hydrogens (primary N) is 1. The van der Waals surface area contributed by atoms with Gasteiger partial charge in [0.2, 0.25) is 0 Å². The topological polar surface area (TPSA) is 30.9 Å². The number of rotatable bonds is 4. The molecule has 0 spiro atoms. The molecule has 0 aliphatic rings. The van der Waals surface area contributed by atoms with E-state index in [4.69, 9.17) is 5.73 Å². The van der Waals surface area contributed by atoms with Gasteiger partial charge >= 0.3 is 0 Å². The van der Waals surface area contributed by atoms with Crippen molar-refractivity contribution < 1.29 is 0 Å². The first-order valence-electron chi connectivity index (χ1n) is 7.16. The molecule has 1 aromatic heterocycles. The van der Waals surface area contributed by atoms with E-state index in [1.807, 2.05) is 0 Å². The van der Waals surface area contributed by atoms with Gasteiger partial charge in [-0.3, -0.25) is 0 Å². The Balaban J connectivity index is 2.64. The maximum Gasteiger partial charge on any atom is 0.0480 e. The normalized spacial score (nSPS) is 12.6. The first kappa shape index (κ1) is 14.1. The fourth-order valence-electron chi connectivity index (χ4n) is 2.80. The molecule has 2 heteroatoms. The van der Waals surface area contributed by atoms with Gasteiger partial charge in [-0.2, -0.15) is 0 Å². The van der Waals surface area contributed by atoms with Gasteiger partial charge in [0, 0.05) is 24.1 Å². The van der Waals surface area contributed by atoms with E-state index in [-0.39, 0.29) is 5.41 Å². The number of aromatic nitrogens is 1. The maximum atomic E-state index is 5.77. The fraction of sp³-hybridized carbons (Fsp3) is 0.529. The van der Waals surface area contributed by atoms with Crippen LogP contribution < -0.4 is 5.73 Å². The minimum atomic E-state index is 0.129. The van der Waals surface area contributed by atoms with Crippen molar-refractivity contribution in [3.05, 3.63) is 35.5 Å². The summed E-state index contributed by atoms with van der Waals surface area (Å²) in [4.78, 5) is 0. The molecule has 2 N–H and O–H groups in total. The van der Waals surface area contributed by atoms with E-state index in [9.17, 15) is 0 Å². The lowest BCUT2D eigenvalue weighted by Gasteiger charge is -2.23. The third-order valence-electron chi connectivity index (χ3n) is 4.18. The Bertz CT molecular complexity index is 576. The van der Waals surface area contributed by atoms with E-state index in [1.54, 1.807) is 0 Å². The molecule has 0 bridgehead atoms. The van der Waals surface area contributed by atoms with E-state index < -0.39 is 0 Å². The van der Waals surface area contributed by atoms with Crippen LogP contribution in [-0.4, -0.2) is 11.1 Å².